The molecule has 168 valence electrons. The van der Waals surface area contributed by atoms with Crippen molar-refractivity contribution in [3.63, 3.8) is 0 Å². The molecule has 0 radical (unpaired) electrons. The molecule has 0 atom stereocenters. The van der Waals surface area contributed by atoms with Crippen LogP contribution in [-0.2, 0) is 21.4 Å². The molecule has 1 saturated heterocycles. The van der Waals surface area contributed by atoms with Gasteiger partial charge in [0.2, 0.25) is 15.9 Å². The van der Waals surface area contributed by atoms with E-state index in [9.17, 15) is 13.2 Å². The Morgan fingerprint density at radius 3 is 2.34 bits per heavy atom. The zero-order chi connectivity index (χ0) is 23.0. The summed E-state index contributed by atoms with van der Waals surface area (Å²) >= 11 is 0. The van der Waals surface area contributed by atoms with Gasteiger partial charge >= 0.3 is 0 Å². The number of sulfonamides is 1. The number of carbonyl (C=O) groups excluding carboxylic acids is 1. The first-order chi connectivity index (χ1) is 15.4. The number of amides is 1. The first kappa shape index (κ1) is 23.4. The van der Waals surface area contributed by atoms with Crippen LogP contribution in [0.2, 0.25) is 0 Å². The Labute approximate surface area is 190 Å². The van der Waals surface area contributed by atoms with E-state index in [-0.39, 0.29) is 13.1 Å². The number of nitrogens with zero attached hydrogens (tertiary/aromatic N) is 3. The lowest BCUT2D eigenvalue weighted by Gasteiger charge is -2.28. The lowest BCUT2D eigenvalue weighted by Crippen LogP contribution is -2.37. The third-order valence-electron chi connectivity index (χ3n) is 5.33. The van der Waals surface area contributed by atoms with E-state index in [1.807, 2.05) is 18.2 Å². The SMILES string of the molecule is C=CCN(Cc1ccc(C#N)cc1)C(=O)CS(=O)(=O)Nc1ccc(N2CCCCC2)cc1. The number of nitriles is 1. The lowest BCUT2D eigenvalue weighted by atomic mass is 10.1. The maximum atomic E-state index is 12.7. The van der Waals surface area contributed by atoms with E-state index in [2.05, 4.69) is 16.2 Å². The molecule has 1 aliphatic rings. The molecule has 0 bridgehead atoms. The summed E-state index contributed by atoms with van der Waals surface area (Å²) in [5.41, 5.74) is 2.83. The van der Waals surface area contributed by atoms with Crippen molar-refractivity contribution in [2.75, 3.05) is 35.0 Å². The number of rotatable bonds is 9. The second-order valence-electron chi connectivity index (χ2n) is 7.83. The fourth-order valence-corrected chi connectivity index (χ4v) is 4.75. The zero-order valence-electron chi connectivity index (χ0n) is 18.0. The Morgan fingerprint density at radius 2 is 1.75 bits per heavy atom. The van der Waals surface area contributed by atoms with Crippen LogP contribution in [0.1, 0.15) is 30.4 Å². The topological polar surface area (TPSA) is 93.5 Å². The average Bonchev–Trinajstić information content (AvgIpc) is 2.79. The minimum absolute atomic E-state index is 0.221. The zero-order valence-corrected chi connectivity index (χ0v) is 18.9. The summed E-state index contributed by atoms with van der Waals surface area (Å²) in [6, 6.07) is 16.1. The fourth-order valence-electron chi connectivity index (χ4n) is 3.68. The first-order valence-corrected chi connectivity index (χ1v) is 12.3. The lowest BCUT2D eigenvalue weighted by molar-refractivity contribution is -0.128. The van der Waals surface area contributed by atoms with E-state index in [1.165, 1.54) is 24.2 Å². The van der Waals surface area contributed by atoms with Crippen molar-refractivity contribution in [3.05, 3.63) is 72.3 Å². The summed E-state index contributed by atoms with van der Waals surface area (Å²) in [4.78, 5) is 16.4. The summed E-state index contributed by atoms with van der Waals surface area (Å²) in [5, 5.41) is 8.91. The van der Waals surface area contributed by atoms with Gasteiger partial charge in [-0.05, 0) is 61.2 Å². The molecule has 2 aromatic rings. The normalized spacial score (nSPS) is 13.8. The summed E-state index contributed by atoms with van der Waals surface area (Å²) in [6.07, 6.45) is 5.14. The Morgan fingerprint density at radius 1 is 1.09 bits per heavy atom. The average molecular weight is 453 g/mol. The van der Waals surface area contributed by atoms with Gasteiger partial charge in [-0.1, -0.05) is 18.2 Å². The first-order valence-electron chi connectivity index (χ1n) is 10.6. The van der Waals surface area contributed by atoms with Crippen LogP contribution in [0.25, 0.3) is 0 Å². The van der Waals surface area contributed by atoms with Crippen molar-refractivity contribution in [3.8, 4) is 6.07 Å². The van der Waals surface area contributed by atoms with Gasteiger partial charge in [0, 0.05) is 37.6 Å². The van der Waals surface area contributed by atoms with Gasteiger partial charge in [-0.2, -0.15) is 5.26 Å². The van der Waals surface area contributed by atoms with Gasteiger partial charge in [0.15, 0.2) is 0 Å². The van der Waals surface area contributed by atoms with Gasteiger partial charge < -0.3 is 9.80 Å². The third kappa shape index (κ3) is 6.59. The molecule has 0 saturated carbocycles. The van der Waals surface area contributed by atoms with Gasteiger partial charge in [-0.15, -0.1) is 6.58 Å². The Balaban J connectivity index is 1.62. The number of benzene rings is 2. The number of hydrogen-bond acceptors (Lipinski definition) is 5. The Kier molecular flexibility index (Phi) is 7.90. The molecule has 1 fully saturated rings. The van der Waals surface area contributed by atoms with Gasteiger partial charge in [0.1, 0.15) is 5.75 Å². The summed E-state index contributed by atoms with van der Waals surface area (Å²) in [5.74, 6) is -1.18. The van der Waals surface area contributed by atoms with Crippen LogP contribution in [-0.4, -0.2) is 44.6 Å². The molecular weight excluding hydrogens is 424 g/mol. The second-order valence-corrected chi connectivity index (χ2v) is 9.55. The molecule has 32 heavy (non-hydrogen) atoms. The molecule has 1 heterocycles. The van der Waals surface area contributed by atoms with Crippen LogP contribution < -0.4 is 9.62 Å². The van der Waals surface area contributed by atoms with Crippen LogP contribution >= 0.6 is 0 Å². The fraction of sp³-hybridized carbons (Fsp3) is 0.333. The molecule has 1 N–H and O–H groups in total. The Hall–Kier alpha value is -3.31. The number of hydrogen-bond donors (Lipinski definition) is 1. The molecule has 0 aliphatic carbocycles. The van der Waals surface area contributed by atoms with E-state index in [1.54, 1.807) is 42.5 Å². The molecule has 3 rings (SSSR count). The minimum Gasteiger partial charge on any atom is -0.372 e. The third-order valence-corrected chi connectivity index (χ3v) is 6.51. The number of carbonyl (C=O) groups is 1. The van der Waals surface area contributed by atoms with Gasteiger partial charge in [0.25, 0.3) is 0 Å². The van der Waals surface area contributed by atoms with Gasteiger partial charge in [-0.25, -0.2) is 8.42 Å². The van der Waals surface area contributed by atoms with Crippen molar-refractivity contribution in [2.45, 2.75) is 25.8 Å². The monoisotopic (exact) mass is 452 g/mol. The number of piperidine rings is 1. The van der Waals surface area contributed by atoms with E-state index >= 15 is 0 Å². The maximum Gasteiger partial charge on any atom is 0.241 e. The van der Waals surface area contributed by atoms with Crippen LogP contribution in [0, 0.1) is 11.3 Å². The minimum atomic E-state index is -3.87. The molecule has 1 amide bonds. The molecule has 2 aromatic carbocycles. The van der Waals surface area contributed by atoms with Crippen LogP contribution in [0.5, 0.6) is 0 Å². The van der Waals surface area contributed by atoms with Crippen LogP contribution in [0.3, 0.4) is 0 Å². The number of anilines is 2. The van der Waals surface area contributed by atoms with Crippen molar-refractivity contribution >= 4 is 27.3 Å². The molecule has 0 unspecified atom stereocenters. The quantitative estimate of drug-likeness (QED) is 0.588. The highest BCUT2D eigenvalue weighted by Crippen LogP contribution is 2.22. The van der Waals surface area contributed by atoms with Crippen molar-refractivity contribution in [2.24, 2.45) is 0 Å². The second kappa shape index (κ2) is 10.8. The molecule has 1 aliphatic heterocycles. The molecule has 0 aromatic heterocycles. The highest BCUT2D eigenvalue weighted by molar-refractivity contribution is 7.93. The van der Waals surface area contributed by atoms with Gasteiger partial charge in [0.05, 0.1) is 11.6 Å². The van der Waals surface area contributed by atoms with E-state index in [0.717, 1.165) is 24.3 Å². The highest BCUT2D eigenvalue weighted by Gasteiger charge is 2.22. The van der Waals surface area contributed by atoms with Crippen molar-refractivity contribution in [1.29, 1.82) is 5.26 Å². The summed E-state index contributed by atoms with van der Waals surface area (Å²) < 4.78 is 27.7. The van der Waals surface area contributed by atoms with Gasteiger partial charge in [-0.3, -0.25) is 9.52 Å². The van der Waals surface area contributed by atoms with Crippen LogP contribution in [0.4, 0.5) is 11.4 Å². The summed E-state index contributed by atoms with van der Waals surface area (Å²) in [7, 11) is -3.87. The standard InChI is InChI=1S/C24H28N4O3S/c1-2-14-28(18-21-8-6-20(17-25)7-9-21)24(29)19-32(30,31)26-22-10-12-23(13-11-22)27-15-4-3-5-16-27/h2,6-13,26H,1,3-5,14-16,18-19H2. The van der Waals surface area contributed by atoms with Crippen molar-refractivity contribution < 1.29 is 13.2 Å². The predicted molar refractivity (Wildman–Crippen MR) is 127 cm³/mol. The maximum absolute atomic E-state index is 12.7. The summed E-state index contributed by atoms with van der Waals surface area (Å²) in [6.45, 7) is 6.13. The van der Waals surface area contributed by atoms with E-state index < -0.39 is 21.7 Å². The number of nitrogens with one attached hydrogen (secondary N) is 1. The van der Waals surface area contributed by atoms with E-state index in [4.69, 9.17) is 5.26 Å². The predicted octanol–water partition coefficient (Wildman–Crippen LogP) is 3.51. The molecule has 8 heteroatoms. The van der Waals surface area contributed by atoms with E-state index in [0.29, 0.717) is 11.3 Å². The Bertz CT molecular complexity index is 1070. The van der Waals surface area contributed by atoms with Crippen molar-refractivity contribution in [1.82, 2.24) is 4.90 Å². The highest BCUT2D eigenvalue weighted by atomic mass is 32.2. The van der Waals surface area contributed by atoms with Crippen LogP contribution in [0.15, 0.2) is 61.2 Å². The molecule has 7 nitrogen and oxygen atoms in total. The largest absolute Gasteiger partial charge is 0.372 e. The molecular formula is C24H28N4O3S. The smallest absolute Gasteiger partial charge is 0.241 e. The molecule has 0 spiro atoms.